The minimum absolute atomic E-state index is 0.0358. The smallest absolute Gasteiger partial charge is 0.325 e. The summed E-state index contributed by atoms with van der Waals surface area (Å²) in [5.74, 6) is -2.10. The van der Waals surface area contributed by atoms with E-state index in [1.807, 2.05) is 32.0 Å². The molecule has 0 saturated carbocycles. The molecule has 2 aliphatic heterocycles. The van der Waals surface area contributed by atoms with Gasteiger partial charge in [0, 0.05) is 11.0 Å². The van der Waals surface area contributed by atoms with Crippen LogP contribution in [-0.4, -0.2) is 62.9 Å². The number of carboxylic acid groups (broad SMARTS) is 1. The zero-order valence-electron chi connectivity index (χ0n) is 21.1. The molecule has 1 saturated heterocycles. The van der Waals surface area contributed by atoms with Gasteiger partial charge in [0.1, 0.15) is 28.4 Å². The van der Waals surface area contributed by atoms with Crippen molar-refractivity contribution in [2.24, 2.45) is 5.92 Å². The number of ether oxygens (including phenoxy) is 2. The maximum absolute atomic E-state index is 13.4. The average Bonchev–Trinajstić information content (AvgIpc) is 3.49. The summed E-state index contributed by atoms with van der Waals surface area (Å²) >= 11 is 8.11. The molecule has 0 aliphatic carbocycles. The zero-order valence-corrected chi connectivity index (χ0v) is 24.4. The SMILES string of the molecule is COC(=O)CN1/C(=C(\C=c2/s/c(=C3\SC(=S)N(O)C3=O)n(CC(=O)O)c2=O)C(C)C)Sc2ccc(OC)cc21. The van der Waals surface area contributed by atoms with Crippen LogP contribution in [0.3, 0.4) is 0 Å². The summed E-state index contributed by atoms with van der Waals surface area (Å²) in [7, 11) is 2.84. The first kappa shape index (κ1) is 28.9. The molecule has 3 heterocycles. The van der Waals surface area contributed by atoms with Crippen LogP contribution in [0.15, 0.2) is 38.5 Å². The Morgan fingerprint density at radius 3 is 2.44 bits per heavy atom. The van der Waals surface area contributed by atoms with E-state index in [9.17, 15) is 29.5 Å². The number of carboxylic acids is 1. The summed E-state index contributed by atoms with van der Waals surface area (Å²) in [5.41, 5.74) is 0.837. The number of allylic oxidation sites excluding steroid dienone is 1. The van der Waals surface area contributed by atoms with Crippen LogP contribution in [0.25, 0.3) is 11.0 Å². The van der Waals surface area contributed by atoms with Crippen molar-refractivity contribution in [3.63, 3.8) is 0 Å². The molecule has 0 radical (unpaired) electrons. The van der Waals surface area contributed by atoms with Gasteiger partial charge in [-0.25, -0.2) is 0 Å². The second-order valence-electron chi connectivity index (χ2n) is 8.53. The number of aromatic nitrogens is 1. The third-order valence-electron chi connectivity index (χ3n) is 5.72. The molecular formula is C24H23N3O8S4. The van der Waals surface area contributed by atoms with Crippen LogP contribution in [0.1, 0.15) is 13.8 Å². The molecule has 11 nitrogen and oxygen atoms in total. The van der Waals surface area contributed by atoms with Gasteiger partial charge < -0.3 is 19.5 Å². The minimum atomic E-state index is -1.27. The van der Waals surface area contributed by atoms with Crippen molar-refractivity contribution in [2.45, 2.75) is 25.3 Å². The van der Waals surface area contributed by atoms with Crippen LogP contribution >= 0.6 is 47.1 Å². The van der Waals surface area contributed by atoms with Crippen LogP contribution in [0.5, 0.6) is 5.75 Å². The van der Waals surface area contributed by atoms with Crippen LogP contribution in [0, 0.1) is 5.92 Å². The summed E-state index contributed by atoms with van der Waals surface area (Å²) in [5, 5.41) is 20.3. The number of rotatable bonds is 7. The fourth-order valence-corrected chi connectivity index (χ4v) is 7.46. The van der Waals surface area contributed by atoms with Gasteiger partial charge in [0.05, 0.1) is 29.5 Å². The number of methoxy groups -OCH3 is 2. The number of hydrogen-bond donors (Lipinski definition) is 2. The number of thiocarbonyl (C=S) groups is 1. The Hall–Kier alpha value is -3.11. The summed E-state index contributed by atoms with van der Waals surface area (Å²) in [4.78, 5) is 52.5. The normalized spacial score (nSPS) is 18.3. The Morgan fingerprint density at radius 2 is 1.87 bits per heavy atom. The summed E-state index contributed by atoms with van der Waals surface area (Å²) < 4.78 is 11.4. The first-order chi connectivity index (χ1) is 18.5. The van der Waals surface area contributed by atoms with E-state index < -0.39 is 29.9 Å². The lowest BCUT2D eigenvalue weighted by Crippen LogP contribution is -2.35. The van der Waals surface area contributed by atoms with E-state index in [0.717, 1.165) is 38.2 Å². The number of thioether (sulfide) groups is 2. The summed E-state index contributed by atoms with van der Waals surface area (Å²) in [6, 6.07) is 5.49. The summed E-state index contributed by atoms with van der Waals surface area (Å²) in [6.07, 6.45) is 1.65. The van der Waals surface area contributed by atoms with Crippen LogP contribution in [0.4, 0.5) is 5.69 Å². The average molecular weight is 610 g/mol. The van der Waals surface area contributed by atoms with E-state index in [1.165, 1.54) is 18.9 Å². The molecular weight excluding hydrogens is 587 g/mol. The van der Waals surface area contributed by atoms with Gasteiger partial charge in [-0.3, -0.25) is 29.0 Å². The Morgan fingerprint density at radius 1 is 1.15 bits per heavy atom. The standard InChI is InChI=1S/C24H23N3O8S4/c1-11(2)13(22-25(10-18(30)35-4)14-7-12(34-3)5-6-15(14)37-22)8-16-20(31)26(9-17(28)29)23(38-16)19-21(32)27(33)24(36)39-19/h5-8,11,33H,9-10H2,1-4H3,(H,28,29)/b16-8-,22-13-,23-19-. The van der Waals surface area contributed by atoms with Crippen molar-refractivity contribution in [1.82, 2.24) is 9.63 Å². The number of thiazole rings is 1. The number of aliphatic carboxylic acids is 1. The van der Waals surface area contributed by atoms with Gasteiger partial charge in [0.2, 0.25) is 0 Å². The molecule has 0 atom stereocenters. The number of fused-ring (bicyclic) bond motifs is 1. The molecule has 0 bridgehead atoms. The maximum Gasteiger partial charge on any atom is 0.325 e. The highest BCUT2D eigenvalue weighted by molar-refractivity contribution is 8.30. The van der Waals surface area contributed by atoms with Crippen molar-refractivity contribution >= 4 is 85.9 Å². The van der Waals surface area contributed by atoms with E-state index in [4.69, 9.17) is 21.7 Å². The molecule has 206 valence electrons. The van der Waals surface area contributed by atoms with Gasteiger partial charge in [0.25, 0.3) is 11.5 Å². The molecule has 1 aromatic heterocycles. The van der Waals surface area contributed by atoms with Crippen LogP contribution < -0.4 is 24.4 Å². The summed E-state index contributed by atoms with van der Waals surface area (Å²) in [6.45, 7) is 3.08. The predicted molar refractivity (Wildman–Crippen MR) is 152 cm³/mol. The molecule has 0 unspecified atom stereocenters. The van der Waals surface area contributed by atoms with Gasteiger partial charge in [-0.05, 0) is 53.7 Å². The van der Waals surface area contributed by atoms with E-state index in [0.29, 0.717) is 21.4 Å². The third kappa shape index (κ3) is 5.63. The van der Waals surface area contributed by atoms with Gasteiger partial charge >= 0.3 is 11.9 Å². The van der Waals surface area contributed by atoms with E-state index in [1.54, 1.807) is 18.1 Å². The lowest BCUT2D eigenvalue weighted by Gasteiger charge is -2.22. The number of esters is 1. The highest BCUT2D eigenvalue weighted by atomic mass is 32.2. The topological polar surface area (TPSA) is 139 Å². The lowest BCUT2D eigenvalue weighted by atomic mass is 10.0. The second kappa shape index (κ2) is 11.6. The van der Waals surface area contributed by atoms with Crippen molar-refractivity contribution in [1.29, 1.82) is 0 Å². The first-order valence-corrected chi connectivity index (χ1v) is 14.2. The highest BCUT2D eigenvalue weighted by Crippen LogP contribution is 2.49. The lowest BCUT2D eigenvalue weighted by molar-refractivity contribution is -0.140. The maximum atomic E-state index is 13.4. The molecule has 15 heteroatoms. The third-order valence-corrected chi connectivity index (χ3v) is 9.54. The number of hydrogen-bond acceptors (Lipinski definition) is 12. The number of benzene rings is 1. The van der Waals surface area contributed by atoms with Crippen LogP contribution in [0.2, 0.25) is 0 Å². The minimum Gasteiger partial charge on any atom is -0.497 e. The molecule has 1 fully saturated rings. The van der Waals surface area contributed by atoms with E-state index >= 15 is 0 Å². The number of nitrogens with zero attached hydrogens (tertiary/aromatic N) is 3. The molecule has 2 aliphatic rings. The fourth-order valence-electron chi connectivity index (χ4n) is 3.83. The van der Waals surface area contributed by atoms with E-state index in [2.05, 4.69) is 0 Å². The van der Waals surface area contributed by atoms with Crippen LogP contribution in [-0.2, 0) is 25.7 Å². The number of hydroxylamine groups is 2. The highest BCUT2D eigenvalue weighted by Gasteiger charge is 2.34. The zero-order chi connectivity index (χ0) is 28.6. The Balaban J connectivity index is 1.98. The van der Waals surface area contributed by atoms with Gasteiger partial charge in [-0.15, -0.1) is 11.3 Å². The van der Waals surface area contributed by atoms with Gasteiger partial charge in [-0.1, -0.05) is 25.6 Å². The van der Waals surface area contributed by atoms with Crippen molar-refractivity contribution < 1.29 is 34.2 Å². The molecule has 0 spiro atoms. The van der Waals surface area contributed by atoms with Gasteiger partial charge in [-0.2, -0.15) is 5.06 Å². The van der Waals surface area contributed by atoms with Crippen molar-refractivity contribution in [2.75, 3.05) is 25.7 Å². The Bertz CT molecular complexity index is 1610. The quantitative estimate of drug-likeness (QED) is 0.269. The first-order valence-electron chi connectivity index (χ1n) is 11.3. The molecule has 1 aromatic carbocycles. The largest absolute Gasteiger partial charge is 0.497 e. The monoisotopic (exact) mass is 609 g/mol. The Kier molecular flexibility index (Phi) is 8.56. The molecule has 39 heavy (non-hydrogen) atoms. The fraction of sp³-hybridized carbons (Fsp3) is 0.292. The number of amides is 1. The number of carbonyl (C=O) groups excluding carboxylic acids is 2. The van der Waals surface area contributed by atoms with E-state index in [-0.39, 0.29) is 30.9 Å². The number of anilines is 1. The molecule has 1 amide bonds. The van der Waals surface area contributed by atoms with Crippen molar-refractivity contribution in [3.8, 4) is 5.75 Å². The number of carbonyl (C=O) groups is 3. The second-order valence-corrected chi connectivity index (χ2v) is 12.2. The molecule has 2 N–H and O–H groups in total. The van der Waals surface area contributed by atoms with Gasteiger partial charge in [0.15, 0.2) is 4.32 Å². The molecule has 2 aromatic rings. The van der Waals surface area contributed by atoms with Crippen molar-refractivity contribution in [3.05, 3.63) is 48.4 Å². The Labute approximate surface area is 239 Å². The predicted octanol–water partition coefficient (Wildman–Crippen LogP) is 1.79. The molecule has 4 rings (SSSR count).